The smallest absolute Gasteiger partial charge is 0.320 e. The van der Waals surface area contributed by atoms with Gasteiger partial charge in [-0.15, -0.1) is 0 Å². The van der Waals surface area contributed by atoms with Crippen molar-refractivity contribution in [3.63, 3.8) is 0 Å². The van der Waals surface area contributed by atoms with Crippen LogP contribution in [0.3, 0.4) is 0 Å². The van der Waals surface area contributed by atoms with E-state index < -0.39 is 5.97 Å². The second-order valence-electron chi connectivity index (χ2n) is 7.04. The lowest BCUT2D eigenvalue weighted by atomic mass is 10.1. The molecule has 0 amide bonds. The molecular weight excluding hydrogens is 280 g/mol. The Morgan fingerprint density at radius 3 is 2.41 bits per heavy atom. The van der Waals surface area contributed by atoms with Gasteiger partial charge in [-0.2, -0.15) is 5.10 Å². The topological polar surface area (TPSA) is 61.6 Å². The molecule has 0 aromatic carbocycles. The number of rotatable bonds is 5. The van der Waals surface area contributed by atoms with Crippen molar-refractivity contribution in [1.82, 2.24) is 19.6 Å². The van der Waals surface area contributed by atoms with Gasteiger partial charge in [0.2, 0.25) is 0 Å². The molecule has 1 aromatic heterocycles. The number of carboxylic acids is 1. The van der Waals surface area contributed by atoms with E-state index in [1.165, 1.54) is 5.56 Å². The van der Waals surface area contributed by atoms with Crippen molar-refractivity contribution < 1.29 is 9.90 Å². The molecule has 1 aromatic rings. The van der Waals surface area contributed by atoms with E-state index in [1.54, 1.807) is 0 Å². The molecule has 0 bridgehead atoms. The number of nitrogens with zero attached hydrogens (tertiary/aromatic N) is 4. The van der Waals surface area contributed by atoms with E-state index in [4.69, 9.17) is 0 Å². The Balaban J connectivity index is 1.87. The fraction of sp³-hybridized carbons (Fsp3) is 0.750. The molecule has 1 N–H and O–H groups in total. The molecule has 0 spiro atoms. The monoisotopic (exact) mass is 308 g/mol. The molecule has 0 aliphatic carbocycles. The summed E-state index contributed by atoms with van der Waals surface area (Å²) in [4.78, 5) is 15.7. The summed E-state index contributed by atoms with van der Waals surface area (Å²) in [6, 6.07) is -0.342. The first-order valence-corrected chi connectivity index (χ1v) is 8.04. The van der Waals surface area contributed by atoms with Gasteiger partial charge in [0, 0.05) is 44.5 Å². The van der Waals surface area contributed by atoms with E-state index in [2.05, 4.69) is 41.9 Å². The van der Waals surface area contributed by atoms with Crippen LogP contribution >= 0.6 is 0 Å². The van der Waals surface area contributed by atoms with Gasteiger partial charge in [0.05, 0.1) is 11.7 Å². The second-order valence-corrected chi connectivity index (χ2v) is 7.04. The van der Waals surface area contributed by atoms with Gasteiger partial charge >= 0.3 is 5.97 Å². The third kappa shape index (κ3) is 4.08. The molecule has 6 heteroatoms. The highest BCUT2D eigenvalue weighted by atomic mass is 16.4. The van der Waals surface area contributed by atoms with Crippen molar-refractivity contribution >= 4 is 5.97 Å². The number of carbonyl (C=O) groups is 1. The third-order valence-electron chi connectivity index (χ3n) is 4.25. The lowest BCUT2D eigenvalue weighted by molar-refractivity contribution is -0.144. The van der Waals surface area contributed by atoms with Crippen LogP contribution in [0.15, 0.2) is 12.4 Å². The molecule has 2 heterocycles. The molecule has 0 radical (unpaired) electrons. The van der Waals surface area contributed by atoms with Gasteiger partial charge in [-0.05, 0) is 27.2 Å². The van der Waals surface area contributed by atoms with Crippen LogP contribution in [0.2, 0.25) is 0 Å². The standard InChI is InChI=1S/C16H28N4O2/c1-5-14(15(21)22)19-8-6-18(7-9-19)11-13-10-17-20(12-13)16(2,3)4/h10,12,14H,5-9,11H2,1-4H3,(H,21,22)/t14-/m1/s1. The number of aromatic nitrogens is 2. The predicted octanol–water partition coefficient (Wildman–Crippen LogP) is 1.62. The van der Waals surface area contributed by atoms with E-state index in [1.807, 2.05) is 17.8 Å². The van der Waals surface area contributed by atoms with Crippen LogP contribution in [-0.2, 0) is 16.9 Å². The van der Waals surface area contributed by atoms with Crippen molar-refractivity contribution in [3.05, 3.63) is 18.0 Å². The maximum absolute atomic E-state index is 11.2. The van der Waals surface area contributed by atoms with Gasteiger partial charge < -0.3 is 5.11 Å². The summed E-state index contributed by atoms with van der Waals surface area (Å²) in [7, 11) is 0. The quantitative estimate of drug-likeness (QED) is 0.895. The summed E-state index contributed by atoms with van der Waals surface area (Å²) >= 11 is 0. The zero-order chi connectivity index (χ0) is 16.3. The van der Waals surface area contributed by atoms with Gasteiger partial charge in [-0.3, -0.25) is 19.3 Å². The highest BCUT2D eigenvalue weighted by molar-refractivity contribution is 5.73. The Hall–Kier alpha value is -1.40. The van der Waals surface area contributed by atoms with Crippen LogP contribution in [0.1, 0.15) is 39.7 Å². The van der Waals surface area contributed by atoms with E-state index in [0.29, 0.717) is 6.42 Å². The summed E-state index contributed by atoms with van der Waals surface area (Å²) in [5.74, 6) is -0.706. The molecule has 1 fully saturated rings. The molecule has 1 aliphatic rings. The lowest BCUT2D eigenvalue weighted by Crippen LogP contribution is -2.52. The first-order chi connectivity index (χ1) is 10.3. The Kier molecular flexibility index (Phi) is 5.24. The molecular formula is C16H28N4O2. The Labute approximate surface area is 132 Å². The number of hydrogen-bond donors (Lipinski definition) is 1. The maximum Gasteiger partial charge on any atom is 0.320 e. The molecule has 2 rings (SSSR count). The summed E-state index contributed by atoms with van der Waals surface area (Å²) in [5.41, 5.74) is 1.22. The first kappa shape index (κ1) is 17.0. The van der Waals surface area contributed by atoms with Crippen molar-refractivity contribution in [2.24, 2.45) is 0 Å². The number of piperazine rings is 1. The van der Waals surface area contributed by atoms with Crippen molar-refractivity contribution in [1.29, 1.82) is 0 Å². The van der Waals surface area contributed by atoms with Crippen LogP contribution in [0.25, 0.3) is 0 Å². The molecule has 6 nitrogen and oxygen atoms in total. The number of aliphatic carboxylic acids is 1. The summed E-state index contributed by atoms with van der Waals surface area (Å²) in [6.45, 7) is 12.7. The minimum absolute atomic E-state index is 0.00673. The van der Waals surface area contributed by atoms with E-state index in [9.17, 15) is 9.90 Å². The lowest BCUT2D eigenvalue weighted by Gasteiger charge is -2.37. The number of carboxylic acid groups (broad SMARTS) is 1. The molecule has 1 atom stereocenters. The van der Waals surface area contributed by atoms with Crippen molar-refractivity contribution in [3.8, 4) is 0 Å². The first-order valence-electron chi connectivity index (χ1n) is 8.04. The van der Waals surface area contributed by atoms with Crippen molar-refractivity contribution in [2.45, 2.75) is 52.2 Å². The van der Waals surface area contributed by atoms with E-state index in [-0.39, 0.29) is 11.6 Å². The fourth-order valence-electron chi connectivity index (χ4n) is 2.89. The Bertz CT molecular complexity index is 498. The molecule has 22 heavy (non-hydrogen) atoms. The summed E-state index contributed by atoms with van der Waals surface area (Å²) < 4.78 is 2.00. The van der Waals surface area contributed by atoms with Gasteiger partial charge in [0.15, 0.2) is 0 Å². The van der Waals surface area contributed by atoms with Gasteiger partial charge in [0.1, 0.15) is 6.04 Å². The van der Waals surface area contributed by atoms with Crippen LogP contribution in [0, 0.1) is 0 Å². The molecule has 0 unspecified atom stereocenters. The fourth-order valence-corrected chi connectivity index (χ4v) is 2.89. The minimum Gasteiger partial charge on any atom is -0.480 e. The highest BCUT2D eigenvalue weighted by Crippen LogP contribution is 2.16. The zero-order valence-electron chi connectivity index (χ0n) is 14.1. The van der Waals surface area contributed by atoms with Gasteiger partial charge in [0.25, 0.3) is 0 Å². The summed E-state index contributed by atoms with van der Waals surface area (Å²) in [5, 5.41) is 13.7. The average molecular weight is 308 g/mol. The van der Waals surface area contributed by atoms with Crippen LogP contribution in [0.5, 0.6) is 0 Å². The van der Waals surface area contributed by atoms with E-state index >= 15 is 0 Å². The average Bonchev–Trinajstić information content (AvgIpc) is 2.89. The Morgan fingerprint density at radius 2 is 1.95 bits per heavy atom. The Morgan fingerprint density at radius 1 is 1.32 bits per heavy atom. The highest BCUT2D eigenvalue weighted by Gasteiger charge is 2.27. The number of hydrogen-bond acceptors (Lipinski definition) is 4. The molecule has 124 valence electrons. The van der Waals surface area contributed by atoms with Gasteiger partial charge in [-0.1, -0.05) is 6.92 Å². The molecule has 1 saturated heterocycles. The maximum atomic E-state index is 11.2. The van der Waals surface area contributed by atoms with E-state index in [0.717, 1.165) is 32.7 Å². The van der Waals surface area contributed by atoms with Crippen LogP contribution < -0.4 is 0 Å². The SMILES string of the molecule is CC[C@H](C(=O)O)N1CCN(Cc2cnn(C(C)(C)C)c2)CC1. The normalized spacial score (nSPS) is 19.3. The largest absolute Gasteiger partial charge is 0.480 e. The van der Waals surface area contributed by atoms with Gasteiger partial charge in [-0.25, -0.2) is 0 Å². The third-order valence-corrected chi connectivity index (χ3v) is 4.25. The zero-order valence-corrected chi connectivity index (χ0v) is 14.1. The van der Waals surface area contributed by atoms with Crippen molar-refractivity contribution in [2.75, 3.05) is 26.2 Å². The van der Waals surface area contributed by atoms with Crippen LogP contribution in [0.4, 0.5) is 0 Å². The summed E-state index contributed by atoms with van der Waals surface area (Å²) in [6.07, 6.45) is 4.70. The predicted molar refractivity (Wildman–Crippen MR) is 85.8 cm³/mol. The second kappa shape index (κ2) is 6.79. The molecule has 0 saturated carbocycles. The van der Waals surface area contributed by atoms with Crippen LogP contribution in [-0.4, -0.2) is 62.9 Å². The minimum atomic E-state index is -0.706. The molecule has 1 aliphatic heterocycles.